The van der Waals surface area contributed by atoms with Gasteiger partial charge in [0.15, 0.2) is 0 Å². The Bertz CT molecular complexity index is 1800. The molecule has 5 aromatic carbocycles. The molecule has 3 aliphatic carbocycles. The summed E-state index contributed by atoms with van der Waals surface area (Å²) in [5.41, 5.74) is 7.49. The van der Waals surface area contributed by atoms with E-state index in [0.717, 1.165) is 34.2 Å². The van der Waals surface area contributed by atoms with Crippen LogP contribution in [0.2, 0.25) is 0 Å². The molecule has 1 saturated heterocycles. The first-order chi connectivity index (χ1) is 21.1. The lowest BCUT2D eigenvalue weighted by molar-refractivity contribution is -0.122. The van der Waals surface area contributed by atoms with Crippen molar-refractivity contribution in [2.45, 2.75) is 18.3 Å². The number of carbonyl (C=O) groups is 3. The van der Waals surface area contributed by atoms with E-state index in [1.54, 1.807) is 36.4 Å². The lowest BCUT2D eigenvalue weighted by Crippen LogP contribution is -2.41. The Morgan fingerprint density at radius 3 is 1.65 bits per heavy atom. The number of hydrogen-bond donors (Lipinski definition) is 0. The van der Waals surface area contributed by atoms with Crippen LogP contribution in [-0.4, -0.2) is 17.8 Å². The fourth-order valence-corrected chi connectivity index (χ4v) is 7.38. The van der Waals surface area contributed by atoms with Gasteiger partial charge in [0.1, 0.15) is 5.75 Å². The highest BCUT2D eigenvalue weighted by Gasteiger charge is 2.61. The summed E-state index contributed by atoms with van der Waals surface area (Å²) in [5, 5.41) is 0. The van der Waals surface area contributed by atoms with Gasteiger partial charge in [-0.1, -0.05) is 97.1 Å². The van der Waals surface area contributed by atoms with E-state index >= 15 is 0 Å². The van der Waals surface area contributed by atoms with Crippen molar-refractivity contribution >= 4 is 23.5 Å². The van der Waals surface area contributed by atoms with Crippen LogP contribution in [-0.2, 0) is 16.0 Å². The maximum absolute atomic E-state index is 14.1. The molecular formula is C38H27NO4. The lowest BCUT2D eigenvalue weighted by atomic mass is 9.55. The number of anilines is 1. The molecule has 1 heterocycles. The summed E-state index contributed by atoms with van der Waals surface area (Å²) in [6.07, 6.45) is 0.787. The molecule has 0 N–H and O–H groups in total. The molecule has 0 saturated carbocycles. The normalized spacial score (nSPS) is 21.3. The topological polar surface area (TPSA) is 63.7 Å². The number of esters is 1. The molecule has 0 unspecified atom stereocenters. The van der Waals surface area contributed by atoms with Crippen LogP contribution in [0.3, 0.4) is 0 Å². The highest BCUT2D eigenvalue weighted by molar-refractivity contribution is 6.23. The summed E-state index contributed by atoms with van der Waals surface area (Å²) in [7, 11) is 0. The molecule has 0 radical (unpaired) electrons. The molecule has 0 aromatic heterocycles. The van der Waals surface area contributed by atoms with Crippen molar-refractivity contribution in [2.75, 3.05) is 4.90 Å². The Hall–Kier alpha value is -5.29. The molecule has 0 spiro atoms. The van der Waals surface area contributed by atoms with Crippen molar-refractivity contribution in [1.82, 2.24) is 0 Å². The van der Waals surface area contributed by atoms with E-state index < -0.39 is 17.8 Å². The van der Waals surface area contributed by atoms with E-state index in [4.69, 9.17) is 4.74 Å². The molecule has 9 rings (SSSR count). The number of benzene rings is 5. The molecule has 5 nitrogen and oxygen atoms in total. The third kappa shape index (κ3) is 4.03. The van der Waals surface area contributed by atoms with Crippen LogP contribution in [0.5, 0.6) is 5.75 Å². The summed E-state index contributed by atoms with van der Waals surface area (Å²) in [6.45, 7) is 0. The van der Waals surface area contributed by atoms with E-state index in [9.17, 15) is 14.4 Å². The van der Waals surface area contributed by atoms with Gasteiger partial charge in [-0.15, -0.1) is 0 Å². The van der Waals surface area contributed by atoms with E-state index in [0.29, 0.717) is 11.4 Å². The maximum atomic E-state index is 14.1. The molecule has 5 heteroatoms. The van der Waals surface area contributed by atoms with Crippen LogP contribution in [0.4, 0.5) is 5.69 Å². The zero-order valence-corrected chi connectivity index (χ0v) is 23.2. The van der Waals surface area contributed by atoms with Crippen LogP contribution in [0.15, 0.2) is 127 Å². The van der Waals surface area contributed by atoms with Gasteiger partial charge in [0.05, 0.1) is 23.1 Å². The van der Waals surface area contributed by atoms with Crippen LogP contribution in [0.25, 0.3) is 0 Å². The number of nitrogens with zero attached hydrogens (tertiary/aromatic N) is 1. The van der Waals surface area contributed by atoms with Crippen molar-refractivity contribution in [2.24, 2.45) is 11.8 Å². The Morgan fingerprint density at radius 2 is 1.09 bits per heavy atom. The van der Waals surface area contributed by atoms with E-state index in [1.807, 2.05) is 54.6 Å². The Labute approximate surface area is 249 Å². The predicted molar refractivity (Wildman–Crippen MR) is 163 cm³/mol. The number of ether oxygens (including phenoxy) is 1. The van der Waals surface area contributed by atoms with E-state index in [2.05, 4.69) is 36.4 Å². The molecule has 1 fully saturated rings. The minimum atomic E-state index is -0.547. The van der Waals surface area contributed by atoms with E-state index in [1.165, 1.54) is 10.5 Å². The summed E-state index contributed by atoms with van der Waals surface area (Å²) < 4.78 is 5.67. The summed E-state index contributed by atoms with van der Waals surface area (Å²) >= 11 is 0. The lowest BCUT2D eigenvalue weighted by Gasteiger charge is -2.45. The standard InChI is InChI=1S/C38H27NO4/c40-36-34-32-28-13-4-5-14-29(28)33(31-16-7-6-15-30(31)32)35(34)37(41)39(36)26-12-8-11-25(22-26)38(42)43-27-19-17-24(18-20-27)21-23-9-2-1-3-10-23/h1-20,22,32-35H,21H2/t32?,33?,34-,35-/m0/s1. The SMILES string of the molecule is O=C(Oc1ccc(Cc2ccccc2)cc1)c1cccc(N2C(=O)[C@H]3C4c5ccccc5C(c5ccccc54)[C@@H]3C2=O)c1. The third-order valence-electron chi connectivity index (χ3n) is 9.17. The van der Waals surface area contributed by atoms with Gasteiger partial charge in [-0.2, -0.15) is 0 Å². The van der Waals surface area contributed by atoms with E-state index in [-0.39, 0.29) is 29.2 Å². The van der Waals surface area contributed by atoms with Gasteiger partial charge >= 0.3 is 5.97 Å². The monoisotopic (exact) mass is 561 g/mol. The average molecular weight is 562 g/mol. The second kappa shape index (κ2) is 9.92. The molecule has 2 amide bonds. The fraction of sp³-hybridized carbons (Fsp3) is 0.132. The maximum Gasteiger partial charge on any atom is 0.343 e. The van der Waals surface area contributed by atoms with Crippen molar-refractivity contribution in [3.8, 4) is 5.75 Å². The second-order valence-electron chi connectivity index (χ2n) is 11.5. The highest BCUT2D eigenvalue weighted by Crippen LogP contribution is 2.61. The summed E-state index contributed by atoms with van der Waals surface area (Å²) in [4.78, 5) is 42.6. The largest absolute Gasteiger partial charge is 0.423 e. The summed E-state index contributed by atoms with van der Waals surface area (Å²) in [6, 6.07) is 40.6. The van der Waals surface area contributed by atoms with Gasteiger partial charge < -0.3 is 4.74 Å². The van der Waals surface area contributed by atoms with Crippen molar-refractivity contribution < 1.29 is 19.1 Å². The molecule has 1 aliphatic heterocycles. The van der Waals surface area contributed by atoms with Crippen molar-refractivity contribution in [3.63, 3.8) is 0 Å². The minimum Gasteiger partial charge on any atom is -0.423 e. The molecule has 208 valence electrons. The number of imide groups is 1. The van der Waals surface area contributed by atoms with Gasteiger partial charge in [-0.3, -0.25) is 9.59 Å². The minimum absolute atomic E-state index is 0.179. The van der Waals surface area contributed by atoms with Crippen LogP contribution >= 0.6 is 0 Å². The Balaban J connectivity index is 1.06. The molecular weight excluding hydrogens is 534 g/mol. The van der Waals surface area contributed by atoms with Crippen LogP contribution in [0.1, 0.15) is 55.6 Å². The Kier molecular flexibility index (Phi) is 5.86. The highest BCUT2D eigenvalue weighted by atomic mass is 16.5. The Morgan fingerprint density at radius 1 is 0.581 bits per heavy atom. The molecule has 43 heavy (non-hydrogen) atoms. The van der Waals surface area contributed by atoms with Crippen LogP contribution in [0, 0.1) is 11.8 Å². The predicted octanol–water partition coefficient (Wildman–Crippen LogP) is 6.89. The first-order valence-corrected chi connectivity index (χ1v) is 14.6. The molecule has 2 atom stereocenters. The first-order valence-electron chi connectivity index (χ1n) is 14.6. The average Bonchev–Trinajstić information content (AvgIpc) is 3.32. The number of rotatable bonds is 5. The zero-order valence-electron chi connectivity index (χ0n) is 23.2. The van der Waals surface area contributed by atoms with Gasteiger partial charge in [0.25, 0.3) is 0 Å². The summed E-state index contributed by atoms with van der Waals surface area (Å²) in [5.74, 6) is -1.86. The number of hydrogen-bond acceptors (Lipinski definition) is 4. The number of amides is 2. The molecule has 5 aromatic rings. The fourth-order valence-electron chi connectivity index (χ4n) is 7.38. The third-order valence-corrected chi connectivity index (χ3v) is 9.17. The first kappa shape index (κ1) is 25.4. The van der Waals surface area contributed by atoms with Gasteiger partial charge in [0.2, 0.25) is 11.8 Å². The quantitative estimate of drug-likeness (QED) is 0.133. The smallest absolute Gasteiger partial charge is 0.343 e. The number of carbonyl (C=O) groups excluding carboxylic acids is 3. The van der Waals surface area contributed by atoms with Gasteiger partial charge in [-0.25, -0.2) is 9.69 Å². The zero-order chi connectivity index (χ0) is 29.1. The van der Waals surface area contributed by atoms with Crippen molar-refractivity contribution in [1.29, 1.82) is 0 Å². The molecule has 2 bridgehead atoms. The van der Waals surface area contributed by atoms with Gasteiger partial charge in [0, 0.05) is 11.8 Å². The molecule has 4 aliphatic rings. The van der Waals surface area contributed by atoms with Crippen LogP contribution < -0.4 is 9.64 Å². The van der Waals surface area contributed by atoms with Crippen molar-refractivity contribution in [3.05, 3.63) is 166 Å². The van der Waals surface area contributed by atoms with Gasteiger partial charge in [-0.05, 0) is 70.1 Å². The second-order valence-corrected chi connectivity index (χ2v) is 11.5.